The number of rotatable bonds is 3. The van der Waals surface area contributed by atoms with E-state index in [1.807, 2.05) is 25.1 Å². The monoisotopic (exact) mass is 237 g/mol. The lowest BCUT2D eigenvalue weighted by molar-refractivity contribution is 0.340. The highest BCUT2D eigenvalue weighted by Crippen LogP contribution is 2.19. The van der Waals surface area contributed by atoms with Crippen LogP contribution in [0.5, 0.6) is 5.75 Å². The summed E-state index contributed by atoms with van der Waals surface area (Å²) in [6, 6.07) is 7.36. The van der Waals surface area contributed by atoms with Gasteiger partial charge in [-0.3, -0.25) is 4.79 Å². The molecule has 0 aliphatic carbocycles. The number of aromatic amines is 1. The first kappa shape index (κ1) is 11.0. The number of alkyl halides is 1. The highest BCUT2D eigenvalue weighted by Gasteiger charge is 2.02. The topological polar surface area (TPSA) is 42.1 Å². The standard InChI is InChI=1S/C12H12ClNO2/c1-2-16-10-3-4-11-8(6-10)5-9(7-13)12(15)14-11/h3-6H,2,7H2,1H3,(H,14,15). The van der Waals surface area contributed by atoms with Crippen molar-refractivity contribution in [3.8, 4) is 5.75 Å². The summed E-state index contributed by atoms with van der Waals surface area (Å²) in [5, 5.41) is 0.932. The number of nitrogens with one attached hydrogen (secondary N) is 1. The first-order valence-electron chi connectivity index (χ1n) is 5.09. The largest absolute Gasteiger partial charge is 0.494 e. The molecule has 0 saturated heterocycles. The molecule has 1 aromatic carbocycles. The van der Waals surface area contributed by atoms with Crippen LogP contribution in [0.2, 0.25) is 0 Å². The Hall–Kier alpha value is -1.48. The first-order valence-corrected chi connectivity index (χ1v) is 5.62. The minimum atomic E-state index is -0.133. The number of hydrogen-bond acceptors (Lipinski definition) is 2. The second-order valence-electron chi connectivity index (χ2n) is 3.44. The van der Waals surface area contributed by atoms with Gasteiger partial charge in [-0.25, -0.2) is 0 Å². The van der Waals surface area contributed by atoms with E-state index < -0.39 is 0 Å². The number of H-pyrrole nitrogens is 1. The predicted octanol–water partition coefficient (Wildman–Crippen LogP) is 2.67. The summed E-state index contributed by atoms with van der Waals surface area (Å²) in [5.74, 6) is 1.01. The van der Waals surface area contributed by atoms with E-state index in [1.165, 1.54) is 0 Å². The van der Waals surface area contributed by atoms with Gasteiger partial charge in [0.25, 0.3) is 5.56 Å². The third-order valence-corrected chi connectivity index (χ3v) is 2.64. The van der Waals surface area contributed by atoms with Crippen LogP contribution in [0.4, 0.5) is 0 Å². The van der Waals surface area contributed by atoms with E-state index >= 15 is 0 Å². The van der Waals surface area contributed by atoms with Crippen LogP contribution in [-0.4, -0.2) is 11.6 Å². The van der Waals surface area contributed by atoms with Crippen LogP contribution in [0.3, 0.4) is 0 Å². The Bertz CT molecular complexity index is 562. The van der Waals surface area contributed by atoms with E-state index in [0.29, 0.717) is 12.2 Å². The average Bonchev–Trinajstić information content (AvgIpc) is 2.29. The number of aromatic nitrogens is 1. The SMILES string of the molecule is CCOc1ccc2[nH]c(=O)c(CCl)cc2c1. The van der Waals surface area contributed by atoms with Crippen LogP contribution in [0.25, 0.3) is 10.9 Å². The molecule has 0 unspecified atom stereocenters. The molecule has 1 N–H and O–H groups in total. The molecule has 0 atom stereocenters. The van der Waals surface area contributed by atoms with Gasteiger partial charge >= 0.3 is 0 Å². The van der Waals surface area contributed by atoms with E-state index in [9.17, 15) is 4.79 Å². The van der Waals surface area contributed by atoms with Crippen molar-refractivity contribution < 1.29 is 4.74 Å². The lowest BCUT2D eigenvalue weighted by Crippen LogP contribution is -2.10. The first-order chi connectivity index (χ1) is 7.74. The quantitative estimate of drug-likeness (QED) is 0.834. The van der Waals surface area contributed by atoms with Gasteiger partial charge in [0.15, 0.2) is 0 Å². The maximum atomic E-state index is 11.5. The minimum absolute atomic E-state index is 0.133. The Balaban J connectivity index is 2.59. The summed E-state index contributed by atoms with van der Waals surface area (Å²) in [7, 11) is 0. The molecule has 0 saturated carbocycles. The molecule has 84 valence electrons. The number of pyridine rings is 1. The van der Waals surface area contributed by atoms with E-state index in [1.54, 1.807) is 6.07 Å². The predicted molar refractivity (Wildman–Crippen MR) is 65.3 cm³/mol. The molecule has 2 rings (SSSR count). The van der Waals surface area contributed by atoms with Gasteiger partial charge in [-0.2, -0.15) is 0 Å². The van der Waals surface area contributed by atoms with Crippen LogP contribution in [0.15, 0.2) is 29.1 Å². The zero-order valence-corrected chi connectivity index (χ0v) is 9.67. The van der Waals surface area contributed by atoms with Crippen LogP contribution < -0.4 is 10.3 Å². The molecular formula is C12H12ClNO2. The van der Waals surface area contributed by atoms with Crippen molar-refractivity contribution in [2.75, 3.05) is 6.61 Å². The molecule has 1 aromatic heterocycles. The van der Waals surface area contributed by atoms with Gasteiger partial charge in [0.05, 0.1) is 12.5 Å². The molecule has 0 amide bonds. The van der Waals surface area contributed by atoms with Crippen LogP contribution in [0, 0.1) is 0 Å². The summed E-state index contributed by atoms with van der Waals surface area (Å²) < 4.78 is 5.39. The molecular weight excluding hydrogens is 226 g/mol. The maximum absolute atomic E-state index is 11.5. The van der Waals surface area contributed by atoms with Crippen molar-refractivity contribution in [3.05, 3.63) is 40.2 Å². The van der Waals surface area contributed by atoms with Crippen molar-refractivity contribution in [3.63, 3.8) is 0 Å². The molecule has 0 aliphatic heterocycles. The van der Waals surface area contributed by atoms with E-state index in [0.717, 1.165) is 16.7 Å². The smallest absolute Gasteiger partial charge is 0.252 e. The van der Waals surface area contributed by atoms with Crippen LogP contribution in [0.1, 0.15) is 12.5 Å². The third-order valence-electron chi connectivity index (χ3n) is 2.35. The van der Waals surface area contributed by atoms with Gasteiger partial charge in [0, 0.05) is 16.5 Å². The van der Waals surface area contributed by atoms with Crippen molar-refractivity contribution >= 4 is 22.5 Å². The molecule has 4 heteroatoms. The van der Waals surface area contributed by atoms with Crippen molar-refractivity contribution in [1.29, 1.82) is 0 Å². The molecule has 0 spiro atoms. The Morgan fingerprint density at radius 3 is 2.88 bits per heavy atom. The van der Waals surface area contributed by atoms with Gasteiger partial charge in [-0.05, 0) is 31.2 Å². The molecule has 3 nitrogen and oxygen atoms in total. The van der Waals surface area contributed by atoms with E-state index in [2.05, 4.69) is 4.98 Å². The van der Waals surface area contributed by atoms with Gasteiger partial charge in [0.1, 0.15) is 5.75 Å². The fraction of sp³-hybridized carbons (Fsp3) is 0.250. The van der Waals surface area contributed by atoms with E-state index in [4.69, 9.17) is 16.3 Å². The maximum Gasteiger partial charge on any atom is 0.252 e. The van der Waals surface area contributed by atoms with Gasteiger partial charge in [-0.15, -0.1) is 11.6 Å². The van der Waals surface area contributed by atoms with Gasteiger partial charge in [-0.1, -0.05) is 0 Å². The normalized spacial score (nSPS) is 10.6. The Labute approximate surface area is 98.0 Å². The molecule has 0 aliphatic rings. The van der Waals surface area contributed by atoms with E-state index in [-0.39, 0.29) is 11.4 Å². The Morgan fingerprint density at radius 2 is 2.19 bits per heavy atom. The fourth-order valence-corrected chi connectivity index (χ4v) is 1.78. The average molecular weight is 238 g/mol. The number of hydrogen-bond donors (Lipinski definition) is 1. The number of ether oxygens (including phenoxy) is 1. The summed E-state index contributed by atoms with van der Waals surface area (Å²) in [6.45, 7) is 2.55. The van der Waals surface area contributed by atoms with Crippen molar-refractivity contribution in [1.82, 2.24) is 4.98 Å². The zero-order valence-electron chi connectivity index (χ0n) is 8.92. The van der Waals surface area contributed by atoms with Gasteiger partial charge < -0.3 is 9.72 Å². The van der Waals surface area contributed by atoms with Crippen LogP contribution in [-0.2, 0) is 5.88 Å². The summed E-state index contributed by atoms with van der Waals surface area (Å²) in [6.07, 6.45) is 0. The zero-order chi connectivity index (χ0) is 11.5. The fourth-order valence-electron chi connectivity index (χ4n) is 1.59. The molecule has 16 heavy (non-hydrogen) atoms. The summed E-state index contributed by atoms with van der Waals surface area (Å²) >= 11 is 5.68. The number of benzene rings is 1. The lowest BCUT2D eigenvalue weighted by Gasteiger charge is -2.05. The summed E-state index contributed by atoms with van der Waals surface area (Å²) in [4.78, 5) is 14.3. The second kappa shape index (κ2) is 4.58. The molecule has 0 radical (unpaired) electrons. The lowest BCUT2D eigenvalue weighted by atomic mass is 10.1. The second-order valence-corrected chi connectivity index (χ2v) is 3.71. The number of halogens is 1. The molecule has 2 aromatic rings. The minimum Gasteiger partial charge on any atom is -0.494 e. The Morgan fingerprint density at radius 1 is 1.38 bits per heavy atom. The highest BCUT2D eigenvalue weighted by molar-refractivity contribution is 6.17. The number of fused-ring (bicyclic) bond motifs is 1. The molecule has 0 bridgehead atoms. The van der Waals surface area contributed by atoms with Crippen molar-refractivity contribution in [2.24, 2.45) is 0 Å². The Kier molecular flexibility index (Phi) is 3.15. The van der Waals surface area contributed by atoms with Gasteiger partial charge in [0.2, 0.25) is 0 Å². The summed E-state index contributed by atoms with van der Waals surface area (Å²) in [5.41, 5.74) is 1.23. The highest BCUT2D eigenvalue weighted by atomic mass is 35.5. The van der Waals surface area contributed by atoms with Crippen LogP contribution >= 0.6 is 11.6 Å². The molecule has 0 fully saturated rings. The molecule has 1 heterocycles. The third kappa shape index (κ3) is 2.04. The van der Waals surface area contributed by atoms with Crippen molar-refractivity contribution in [2.45, 2.75) is 12.8 Å².